The lowest BCUT2D eigenvalue weighted by atomic mass is 10.0. The number of nitrogens with one attached hydrogen (secondary N) is 2. The molecule has 0 heterocycles. The van der Waals surface area contributed by atoms with Gasteiger partial charge in [-0.1, -0.05) is 24.3 Å². The van der Waals surface area contributed by atoms with Crippen LogP contribution in [0.15, 0.2) is 24.3 Å². The third-order valence-corrected chi connectivity index (χ3v) is 4.69. The maximum atomic E-state index is 12.4. The second-order valence-corrected chi connectivity index (χ2v) is 7.45. The number of amides is 2. The number of ether oxygens (including phenoxy) is 2. The van der Waals surface area contributed by atoms with Crippen molar-refractivity contribution in [3.8, 4) is 0 Å². The van der Waals surface area contributed by atoms with Crippen molar-refractivity contribution < 1.29 is 19.1 Å². The van der Waals surface area contributed by atoms with E-state index in [-0.39, 0.29) is 23.5 Å². The summed E-state index contributed by atoms with van der Waals surface area (Å²) in [6.45, 7) is 9.02. The molecule has 1 aliphatic rings. The summed E-state index contributed by atoms with van der Waals surface area (Å²) in [6, 6.07) is 7.83. The van der Waals surface area contributed by atoms with Gasteiger partial charge in [0.1, 0.15) is 6.10 Å². The van der Waals surface area contributed by atoms with Crippen molar-refractivity contribution in [2.24, 2.45) is 0 Å². The van der Waals surface area contributed by atoms with E-state index in [1.54, 1.807) is 6.92 Å². The number of carbonyl (C=O) groups is 2. The molecule has 0 saturated heterocycles. The highest BCUT2D eigenvalue weighted by Gasteiger charge is 2.44. The van der Waals surface area contributed by atoms with E-state index in [1.165, 1.54) is 0 Å². The first-order valence-corrected chi connectivity index (χ1v) is 9.74. The zero-order valence-electron chi connectivity index (χ0n) is 16.8. The smallest absolute Gasteiger partial charge is 0.249 e. The molecule has 0 spiro atoms. The fraction of sp³-hybridized carbons (Fsp3) is 0.619. The monoisotopic (exact) mass is 376 g/mol. The van der Waals surface area contributed by atoms with Gasteiger partial charge < -0.3 is 20.1 Å². The lowest BCUT2D eigenvalue weighted by Gasteiger charge is -2.21. The number of hydrogen-bond donors (Lipinski definition) is 2. The summed E-state index contributed by atoms with van der Waals surface area (Å²) in [5, 5.41) is 5.98. The van der Waals surface area contributed by atoms with E-state index in [1.807, 2.05) is 45.0 Å². The molecule has 2 N–H and O–H groups in total. The molecule has 1 aromatic rings. The molecule has 27 heavy (non-hydrogen) atoms. The number of hydrogen-bond acceptors (Lipinski definition) is 4. The molecular weight excluding hydrogens is 344 g/mol. The molecular formula is C21H32N2O4. The molecule has 1 aromatic carbocycles. The highest BCUT2D eigenvalue weighted by Crippen LogP contribution is 2.34. The van der Waals surface area contributed by atoms with E-state index in [0.717, 1.165) is 24.0 Å². The molecule has 1 aliphatic carbocycles. The summed E-state index contributed by atoms with van der Waals surface area (Å²) in [5.41, 5.74) is 1.68. The maximum Gasteiger partial charge on any atom is 0.249 e. The van der Waals surface area contributed by atoms with Crippen LogP contribution in [0, 0.1) is 0 Å². The summed E-state index contributed by atoms with van der Waals surface area (Å²) in [5.74, 6) is -0.176. The SMILES string of the molecule is CCOC(C)C(=O)NC1(CNC(=O)Cc2ccccc2COC(C)C)CC1. The molecule has 1 saturated carbocycles. The van der Waals surface area contributed by atoms with Gasteiger partial charge in [-0.2, -0.15) is 0 Å². The maximum absolute atomic E-state index is 12.4. The Balaban J connectivity index is 1.84. The minimum atomic E-state index is -0.476. The Hall–Kier alpha value is -1.92. The first-order chi connectivity index (χ1) is 12.8. The van der Waals surface area contributed by atoms with Crippen LogP contribution < -0.4 is 10.6 Å². The minimum Gasteiger partial charge on any atom is -0.374 e. The van der Waals surface area contributed by atoms with Crippen molar-refractivity contribution in [3.05, 3.63) is 35.4 Å². The van der Waals surface area contributed by atoms with Gasteiger partial charge in [-0.15, -0.1) is 0 Å². The molecule has 2 rings (SSSR count). The second-order valence-electron chi connectivity index (χ2n) is 7.45. The van der Waals surface area contributed by atoms with Crippen LogP contribution in [0.2, 0.25) is 0 Å². The second kappa shape index (κ2) is 9.85. The number of rotatable bonds is 11. The van der Waals surface area contributed by atoms with Crippen LogP contribution in [0.5, 0.6) is 0 Å². The van der Waals surface area contributed by atoms with E-state index >= 15 is 0 Å². The van der Waals surface area contributed by atoms with Gasteiger partial charge in [-0.3, -0.25) is 9.59 Å². The quantitative estimate of drug-likeness (QED) is 0.622. The van der Waals surface area contributed by atoms with Crippen LogP contribution in [-0.4, -0.2) is 42.7 Å². The Bertz CT molecular complexity index is 641. The molecule has 1 atom stereocenters. The molecule has 2 amide bonds. The van der Waals surface area contributed by atoms with E-state index in [2.05, 4.69) is 10.6 Å². The fourth-order valence-corrected chi connectivity index (χ4v) is 2.82. The molecule has 6 heteroatoms. The van der Waals surface area contributed by atoms with Gasteiger partial charge in [0.15, 0.2) is 0 Å². The highest BCUT2D eigenvalue weighted by molar-refractivity contribution is 5.82. The predicted octanol–water partition coefficient (Wildman–Crippen LogP) is 2.34. The van der Waals surface area contributed by atoms with Crippen LogP contribution in [0.25, 0.3) is 0 Å². The van der Waals surface area contributed by atoms with Crippen molar-refractivity contribution in [1.82, 2.24) is 10.6 Å². The van der Waals surface area contributed by atoms with E-state index in [4.69, 9.17) is 9.47 Å². The van der Waals surface area contributed by atoms with Crippen molar-refractivity contribution >= 4 is 11.8 Å². The van der Waals surface area contributed by atoms with Crippen molar-refractivity contribution in [2.45, 2.75) is 71.3 Å². The third kappa shape index (κ3) is 6.96. The van der Waals surface area contributed by atoms with Gasteiger partial charge in [-0.25, -0.2) is 0 Å². The van der Waals surface area contributed by atoms with E-state index in [9.17, 15) is 9.59 Å². The number of benzene rings is 1. The fourth-order valence-electron chi connectivity index (χ4n) is 2.82. The Morgan fingerprint density at radius 1 is 1.11 bits per heavy atom. The van der Waals surface area contributed by atoms with Gasteiger partial charge >= 0.3 is 0 Å². The summed E-state index contributed by atoms with van der Waals surface area (Å²) < 4.78 is 11.0. The molecule has 0 radical (unpaired) electrons. The van der Waals surface area contributed by atoms with E-state index in [0.29, 0.717) is 26.2 Å². The average molecular weight is 376 g/mol. The van der Waals surface area contributed by atoms with Crippen LogP contribution in [-0.2, 0) is 32.1 Å². The Morgan fingerprint density at radius 3 is 2.37 bits per heavy atom. The molecule has 6 nitrogen and oxygen atoms in total. The summed E-state index contributed by atoms with van der Waals surface area (Å²) in [4.78, 5) is 24.5. The summed E-state index contributed by atoms with van der Waals surface area (Å²) >= 11 is 0. The van der Waals surface area contributed by atoms with Crippen LogP contribution in [0.3, 0.4) is 0 Å². The molecule has 0 aromatic heterocycles. The molecule has 1 fully saturated rings. The van der Waals surface area contributed by atoms with Gasteiger partial charge in [-0.05, 0) is 51.7 Å². The Kier molecular flexibility index (Phi) is 7.80. The Morgan fingerprint density at radius 2 is 1.78 bits per heavy atom. The minimum absolute atomic E-state index is 0.0506. The number of carbonyl (C=O) groups excluding carboxylic acids is 2. The standard InChI is InChI=1S/C21H32N2O4/c1-5-26-16(4)20(25)23-21(10-11-21)14-22-19(24)12-17-8-6-7-9-18(17)13-27-15(2)3/h6-9,15-16H,5,10-14H2,1-4H3,(H,22,24)(H,23,25). The topological polar surface area (TPSA) is 76.7 Å². The molecule has 0 aliphatic heterocycles. The zero-order chi connectivity index (χ0) is 19.9. The normalized spacial score (nSPS) is 16.0. The van der Waals surface area contributed by atoms with Crippen molar-refractivity contribution in [3.63, 3.8) is 0 Å². The van der Waals surface area contributed by atoms with E-state index < -0.39 is 6.10 Å². The predicted molar refractivity (Wildman–Crippen MR) is 104 cm³/mol. The highest BCUT2D eigenvalue weighted by atomic mass is 16.5. The Labute approximate surface area is 162 Å². The molecule has 1 unspecified atom stereocenters. The van der Waals surface area contributed by atoms with Crippen LogP contribution in [0.4, 0.5) is 0 Å². The molecule has 0 bridgehead atoms. The lowest BCUT2D eigenvalue weighted by molar-refractivity contribution is -0.132. The first kappa shape index (κ1) is 21.4. The van der Waals surface area contributed by atoms with Gasteiger partial charge in [0.05, 0.1) is 24.7 Å². The first-order valence-electron chi connectivity index (χ1n) is 9.74. The average Bonchev–Trinajstić information content (AvgIpc) is 3.39. The molecule has 150 valence electrons. The summed E-state index contributed by atoms with van der Waals surface area (Å²) in [6.07, 6.45) is 1.71. The third-order valence-electron chi connectivity index (χ3n) is 4.69. The van der Waals surface area contributed by atoms with Crippen LogP contribution in [0.1, 0.15) is 51.7 Å². The zero-order valence-corrected chi connectivity index (χ0v) is 16.8. The lowest BCUT2D eigenvalue weighted by Crippen LogP contribution is -2.49. The van der Waals surface area contributed by atoms with Crippen molar-refractivity contribution in [2.75, 3.05) is 13.2 Å². The van der Waals surface area contributed by atoms with Crippen LogP contribution >= 0.6 is 0 Å². The van der Waals surface area contributed by atoms with Gasteiger partial charge in [0.25, 0.3) is 0 Å². The van der Waals surface area contributed by atoms with Crippen molar-refractivity contribution in [1.29, 1.82) is 0 Å². The summed E-state index contributed by atoms with van der Waals surface area (Å²) in [7, 11) is 0. The van der Waals surface area contributed by atoms with Gasteiger partial charge in [0.2, 0.25) is 11.8 Å². The van der Waals surface area contributed by atoms with Gasteiger partial charge in [0, 0.05) is 13.2 Å². The largest absolute Gasteiger partial charge is 0.374 e.